The van der Waals surface area contributed by atoms with E-state index in [0.29, 0.717) is 5.69 Å². The highest BCUT2D eigenvalue weighted by molar-refractivity contribution is 9.10. The van der Waals surface area contributed by atoms with Gasteiger partial charge in [0, 0.05) is 18.2 Å². The smallest absolute Gasteiger partial charge is 0.309 e. The molecule has 2 aromatic heterocycles. The van der Waals surface area contributed by atoms with Gasteiger partial charge in [0.2, 0.25) is 0 Å². The van der Waals surface area contributed by atoms with E-state index in [1.54, 1.807) is 17.1 Å². The summed E-state index contributed by atoms with van der Waals surface area (Å²) in [6.07, 6.45) is -0.0222. The molecule has 0 aliphatic carbocycles. The Morgan fingerprint density at radius 3 is 2.95 bits per heavy atom. The predicted molar refractivity (Wildman–Crippen MR) is 78.7 cm³/mol. The van der Waals surface area contributed by atoms with Crippen molar-refractivity contribution in [3.63, 3.8) is 0 Å². The van der Waals surface area contributed by atoms with Crippen LogP contribution in [0.15, 0.2) is 14.2 Å². The summed E-state index contributed by atoms with van der Waals surface area (Å²) in [6.45, 7) is 1.95. The van der Waals surface area contributed by atoms with Gasteiger partial charge >= 0.3 is 5.97 Å². The maximum Gasteiger partial charge on any atom is 0.309 e. The van der Waals surface area contributed by atoms with E-state index in [0.717, 1.165) is 26.0 Å². The fourth-order valence-electron chi connectivity index (χ4n) is 1.56. The van der Waals surface area contributed by atoms with Crippen molar-refractivity contribution in [2.75, 3.05) is 0 Å². The summed E-state index contributed by atoms with van der Waals surface area (Å²) in [5, 5.41) is 14.8. The van der Waals surface area contributed by atoms with Gasteiger partial charge in [-0.15, -0.1) is 11.3 Å². The van der Waals surface area contributed by atoms with Crippen LogP contribution < -0.4 is 0 Å². The number of aromatic nitrogens is 3. The quantitative estimate of drug-likeness (QED) is 0.829. The first kappa shape index (κ1) is 14.5. The van der Waals surface area contributed by atoms with Crippen LogP contribution in [0.3, 0.4) is 0 Å². The number of thioether (sulfide) groups is 1. The Labute approximate surface area is 127 Å². The normalized spacial score (nSPS) is 10.9. The van der Waals surface area contributed by atoms with Gasteiger partial charge in [0.1, 0.15) is 0 Å². The summed E-state index contributed by atoms with van der Waals surface area (Å²) in [6, 6.07) is 0. The number of aliphatic carboxylic acids is 1. The summed E-state index contributed by atoms with van der Waals surface area (Å²) in [4.78, 5) is 14.9. The molecule has 0 saturated heterocycles. The average molecular weight is 362 g/mol. The highest BCUT2D eigenvalue weighted by Gasteiger charge is 2.12. The molecule has 2 heterocycles. The second kappa shape index (κ2) is 6.06. The van der Waals surface area contributed by atoms with Crippen LogP contribution in [-0.2, 0) is 24.0 Å². The maximum absolute atomic E-state index is 10.6. The van der Waals surface area contributed by atoms with Crippen molar-refractivity contribution in [2.45, 2.75) is 23.4 Å². The van der Waals surface area contributed by atoms with Crippen LogP contribution in [-0.4, -0.2) is 25.8 Å². The lowest BCUT2D eigenvalue weighted by atomic mass is 10.3. The van der Waals surface area contributed by atoms with E-state index in [-0.39, 0.29) is 6.42 Å². The number of halogens is 1. The molecule has 0 unspecified atom stereocenters. The highest BCUT2D eigenvalue weighted by atomic mass is 79.9. The number of carboxylic acid groups (broad SMARTS) is 1. The number of nitrogens with zero attached hydrogens (tertiary/aromatic N) is 3. The predicted octanol–water partition coefficient (Wildman–Crippen LogP) is 2.87. The largest absolute Gasteiger partial charge is 0.481 e. The van der Waals surface area contributed by atoms with Crippen LogP contribution in [0.25, 0.3) is 0 Å². The number of carboxylic acids is 1. The fraction of sp³-hybridized carbons (Fsp3) is 0.364. The van der Waals surface area contributed by atoms with E-state index >= 15 is 0 Å². The first-order chi connectivity index (χ1) is 8.97. The third kappa shape index (κ3) is 3.58. The highest BCUT2D eigenvalue weighted by Crippen LogP contribution is 2.30. The molecule has 19 heavy (non-hydrogen) atoms. The monoisotopic (exact) mass is 361 g/mol. The molecule has 0 atom stereocenters. The number of thiazole rings is 1. The minimum Gasteiger partial charge on any atom is -0.481 e. The molecule has 0 spiro atoms. The molecular weight excluding hydrogens is 350 g/mol. The van der Waals surface area contributed by atoms with Crippen molar-refractivity contribution in [1.29, 1.82) is 0 Å². The topological polar surface area (TPSA) is 68.0 Å². The standard InChI is InChI=1S/C11H12BrN3O2S2/c1-6-10(12)8(15(2)14-6)5-19-11-13-7(4-18-11)3-9(16)17/h4H,3,5H2,1-2H3,(H,16,17). The molecule has 0 aromatic carbocycles. The van der Waals surface area contributed by atoms with E-state index in [9.17, 15) is 4.79 Å². The van der Waals surface area contributed by atoms with Crippen LogP contribution in [0.2, 0.25) is 0 Å². The molecule has 0 amide bonds. The van der Waals surface area contributed by atoms with Crippen LogP contribution in [0.5, 0.6) is 0 Å². The third-order valence-electron chi connectivity index (χ3n) is 2.46. The molecule has 2 aromatic rings. The van der Waals surface area contributed by atoms with Gasteiger partial charge in [-0.1, -0.05) is 11.8 Å². The summed E-state index contributed by atoms with van der Waals surface area (Å²) in [5.74, 6) is -0.107. The summed E-state index contributed by atoms with van der Waals surface area (Å²) in [7, 11) is 1.91. The Balaban J connectivity index is 2.02. The maximum atomic E-state index is 10.6. The summed E-state index contributed by atoms with van der Waals surface area (Å²) < 4.78 is 3.74. The number of carbonyl (C=O) groups is 1. The lowest BCUT2D eigenvalue weighted by molar-refractivity contribution is -0.136. The lowest BCUT2D eigenvalue weighted by Gasteiger charge is -2.00. The van der Waals surface area contributed by atoms with Crippen molar-refractivity contribution >= 4 is 45.0 Å². The molecule has 5 nitrogen and oxygen atoms in total. The van der Waals surface area contributed by atoms with Gasteiger partial charge in [0.05, 0.1) is 28.0 Å². The molecule has 1 N–H and O–H groups in total. The zero-order chi connectivity index (χ0) is 14.0. The molecule has 2 rings (SSSR count). The summed E-state index contributed by atoms with van der Waals surface area (Å²) in [5.41, 5.74) is 2.67. The summed E-state index contributed by atoms with van der Waals surface area (Å²) >= 11 is 6.58. The van der Waals surface area contributed by atoms with Crippen LogP contribution in [0, 0.1) is 6.92 Å². The Morgan fingerprint density at radius 1 is 1.63 bits per heavy atom. The van der Waals surface area contributed by atoms with Gasteiger partial charge in [0.25, 0.3) is 0 Å². The Bertz CT molecular complexity index is 609. The zero-order valence-electron chi connectivity index (χ0n) is 10.4. The molecule has 0 aliphatic heterocycles. The van der Waals surface area contributed by atoms with Crippen molar-refractivity contribution in [3.05, 3.63) is 26.9 Å². The number of hydrogen-bond donors (Lipinski definition) is 1. The van der Waals surface area contributed by atoms with Crippen molar-refractivity contribution in [1.82, 2.24) is 14.8 Å². The van der Waals surface area contributed by atoms with Gasteiger partial charge in [-0.2, -0.15) is 5.10 Å². The minimum atomic E-state index is -0.855. The van der Waals surface area contributed by atoms with Crippen LogP contribution in [0.4, 0.5) is 0 Å². The minimum absolute atomic E-state index is 0.0222. The average Bonchev–Trinajstić information content (AvgIpc) is 2.84. The number of hydrogen-bond acceptors (Lipinski definition) is 5. The van der Waals surface area contributed by atoms with E-state index in [1.807, 2.05) is 18.7 Å². The molecule has 0 aliphatic rings. The zero-order valence-corrected chi connectivity index (χ0v) is 13.6. The third-order valence-corrected chi connectivity index (χ3v) is 5.57. The second-order valence-corrected chi connectivity index (χ2v) is 6.81. The van der Waals surface area contributed by atoms with E-state index in [1.165, 1.54) is 11.3 Å². The van der Waals surface area contributed by atoms with Gasteiger partial charge in [-0.25, -0.2) is 4.98 Å². The van der Waals surface area contributed by atoms with E-state index in [2.05, 4.69) is 26.0 Å². The number of aryl methyl sites for hydroxylation is 2. The lowest BCUT2D eigenvalue weighted by Crippen LogP contribution is -2.00. The van der Waals surface area contributed by atoms with Crippen LogP contribution >= 0.6 is 39.0 Å². The molecule has 0 bridgehead atoms. The molecule has 0 saturated carbocycles. The Kier molecular flexibility index (Phi) is 4.64. The Morgan fingerprint density at radius 2 is 2.37 bits per heavy atom. The molecule has 102 valence electrons. The first-order valence-corrected chi connectivity index (χ1v) is 8.10. The van der Waals surface area contributed by atoms with Gasteiger partial charge in [0.15, 0.2) is 4.34 Å². The van der Waals surface area contributed by atoms with Crippen molar-refractivity contribution in [3.8, 4) is 0 Å². The SMILES string of the molecule is Cc1nn(C)c(CSc2nc(CC(=O)O)cs2)c1Br. The van der Waals surface area contributed by atoms with Crippen molar-refractivity contribution in [2.24, 2.45) is 7.05 Å². The van der Waals surface area contributed by atoms with E-state index in [4.69, 9.17) is 5.11 Å². The molecular formula is C11H12BrN3O2S2. The molecule has 0 fully saturated rings. The fourth-order valence-corrected chi connectivity index (χ4v) is 4.13. The molecule has 0 radical (unpaired) electrons. The van der Waals surface area contributed by atoms with Gasteiger partial charge in [-0.05, 0) is 22.9 Å². The molecule has 8 heteroatoms. The van der Waals surface area contributed by atoms with Crippen LogP contribution in [0.1, 0.15) is 17.1 Å². The van der Waals surface area contributed by atoms with Crippen molar-refractivity contribution < 1.29 is 9.90 Å². The first-order valence-electron chi connectivity index (χ1n) is 5.44. The van der Waals surface area contributed by atoms with Gasteiger partial charge < -0.3 is 5.11 Å². The van der Waals surface area contributed by atoms with E-state index < -0.39 is 5.97 Å². The van der Waals surface area contributed by atoms with Gasteiger partial charge in [-0.3, -0.25) is 9.48 Å². The Hall–Kier alpha value is -0.860. The second-order valence-electron chi connectivity index (χ2n) is 3.93. The number of rotatable bonds is 5.